The normalized spacial score (nSPS) is 10.6. The van der Waals surface area contributed by atoms with Crippen LogP contribution in [0.2, 0.25) is 0 Å². The minimum absolute atomic E-state index is 0.615. The number of aryl methyl sites for hydroxylation is 1. The van der Waals surface area contributed by atoms with E-state index in [-0.39, 0.29) is 0 Å². The first-order chi connectivity index (χ1) is 8.81. The summed E-state index contributed by atoms with van der Waals surface area (Å²) in [5.74, 6) is 1.02. The van der Waals surface area contributed by atoms with Crippen molar-refractivity contribution < 1.29 is 0 Å². The summed E-state index contributed by atoms with van der Waals surface area (Å²) in [4.78, 5) is 1.30. The lowest BCUT2D eigenvalue weighted by molar-refractivity contribution is 1.07. The zero-order valence-electron chi connectivity index (χ0n) is 10.7. The van der Waals surface area contributed by atoms with E-state index in [1.165, 1.54) is 21.6 Å². The van der Waals surface area contributed by atoms with E-state index >= 15 is 0 Å². The van der Waals surface area contributed by atoms with Gasteiger partial charge in [0, 0.05) is 17.2 Å². The molecule has 0 aliphatic rings. The quantitative estimate of drug-likeness (QED) is 0.819. The molecule has 0 radical (unpaired) electrons. The van der Waals surface area contributed by atoms with Gasteiger partial charge in [-0.05, 0) is 35.2 Å². The van der Waals surface area contributed by atoms with E-state index < -0.39 is 0 Å². The predicted molar refractivity (Wildman–Crippen MR) is 79.7 cm³/mol. The van der Waals surface area contributed by atoms with Crippen LogP contribution in [-0.4, -0.2) is 0 Å². The zero-order chi connectivity index (χ0) is 12.8. The van der Waals surface area contributed by atoms with Crippen LogP contribution in [0.4, 0.5) is 0 Å². The highest BCUT2D eigenvalue weighted by atomic mass is 32.2. The fourth-order valence-corrected chi connectivity index (χ4v) is 2.61. The molecule has 94 valence electrons. The van der Waals surface area contributed by atoms with E-state index in [2.05, 4.69) is 55.5 Å². The molecule has 0 bridgehead atoms. The van der Waals surface area contributed by atoms with Crippen molar-refractivity contribution in [3.8, 4) is 0 Å². The molecule has 2 aromatic carbocycles. The first-order valence-electron chi connectivity index (χ1n) is 6.31. The minimum Gasteiger partial charge on any atom is -0.326 e. The molecule has 0 amide bonds. The zero-order valence-corrected chi connectivity index (χ0v) is 11.5. The molecule has 1 nitrogen and oxygen atoms in total. The highest BCUT2D eigenvalue weighted by Gasteiger charge is 1.97. The molecular formula is C16H19NS. The third kappa shape index (κ3) is 3.62. The number of hydrogen-bond donors (Lipinski definition) is 1. The first-order valence-corrected chi connectivity index (χ1v) is 7.30. The lowest BCUT2D eigenvalue weighted by Crippen LogP contribution is -1.94. The number of benzene rings is 2. The first kappa shape index (κ1) is 13.2. The Morgan fingerprint density at radius 1 is 0.833 bits per heavy atom. The molecule has 18 heavy (non-hydrogen) atoms. The van der Waals surface area contributed by atoms with E-state index in [1.54, 1.807) is 0 Å². The van der Waals surface area contributed by atoms with Gasteiger partial charge in [-0.25, -0.2) is 0 Å². The van der Waals surface area contributed by atoms with Gasteiger partial charge in [-0.1, -0.05) is 43.3 Å². The third-order valence-electron chi connectivity index (χ3n) is 3.00. The summed E-state index contributed by atoms with van der Waals surface area (Å²) in [6.45, 7) is 2.80. The van der Waals surface area contributed by atoms with E-state index in [0.29, 0.717) is 6.54 Å². The van der Waals surface area contributed by atoms with Gasteiger partial charge in [0.15, 0.2) is 0 Å². The Morgan fingerprint density at radius 2 is 1.39 bits per heavy atom. The summed E-state index contributed by atoms with van der Waals surface area (Å²) >= 11 is 1.87. The summed E-state index contributed by atoms with van der Waals surface area (Å²) in [5, 5.41) is 0. The number of thioether (sulfide) groups is 1. The average Bonchev–Trinajstić information content (AvgIpc) is 2.46. The largest absolute Gasteiger partial charge is 0.326 e. The van der Waals surface area contributed by atoms with Crippen LogP contribution in [0.25, 0.3) is 0 Å². The summed E-state index contributed by atoms with van der Waals surface area (Å²) in [6.07, 6.45) is 1.11. The Bertz CT molecular complexity index is 426. The van der Waals surface area contributed by atoms with Crippen molar-refractivity contribution in [2.45, 2.75) is 30.5 Å². The molecule has 0 saturated carbocycles. The Hall–Kier alpha value is -1.25. The highest BCUT2D eigenvalue weighted by molar-refractivity contribution is 7.98. The molecule has 0 fully saturated rings. The van der Waals surface area contributed by atoms with Gasteiger partial charge in [0.05, 0.1) is 0 Å². The molecular weight excluding hydrogens is 238 g/mol. The van der Waals surface area contributed by atoms with Gasteiger partial charge in [0.1, 0.15) is 0 Å². The van der Waals surface area contributed by atoms with Gasteiger partial charge in [-0.15, -0.1) is 11.8 Å². The number of nitrogens with two attached hydrogens (primary N) is 1. The molecule has 0 aliphatic carbocycles. The Morgan fingerprint density at radius 3 is 1.94 bits per heavy atom. The molecule has 2 rings (SSSR count). The molecule has 0 atom stereocenters. The predicted octanol–water partition coefficient (Wildman–Crippen LogP) is 4.00. The molecule has 0 spiro atoms. The van der Waals surface area contributed by atoms with Crippen molar-refractivity contribution in [3.63, 3.8) is 0 Å². The molecule has 2 heteroatoms. The summed E-state index contributed by atoms with van der Waals surface area (Å²) in [6, 6.07) is 17.4. The maximum absolute atomic E-state index is 5.59. The van der Waals surface area contributed by atoms with Crippen LogP contribution >= 0.6 is 11.8 Å². The maximum atomic E-state index is 5.59. The Balaban J connectivity index is 1.93. The van der Waals surface area contributed by atoms with E-state index in [4.69, 9.17) is 5.73 Å². The van der Waals surface area contributed by atoms with E-state index in [0.717, 1.165) is 12.2 Å². The smallest absolute Gasteiger partial charge is 0.0231 e. The van der Waals surface area contributed by atoms with Crippen molar-refractivity contribution >= 4 is 11.8 Å². The maximum Gasteiger partial charge on any atom is 0.0231 e. The van der Waals surface area contributed by atoms with Crippen LogP contribution in [-0.2, 0) is 18.7 Å². The fraction of sp³-hybridized carbons (Fsp3) is 0.250. The molecule has 2 aromatic rings. The summed E-state index contributed by atoms with van der Waals surface area (Å²) < 4.78 is 0. The lowest BCUT2D eigenvalue weighted by Gasteiger charge is -2.04. The van der Waals surface area contributed by atoms with Gasteiger partial charge >= 0.3 is 0 Å². The summed E-state index contributed by atoms with van der Waals surface area (Å²) in [5.41, 5.74) is 9.55. The topological polar surface area (TPSA) is 26.0 Å². The van der Waals surface area contributed by atoms with Crippen LogP contribution < -0.4 is 5.73 Å². The van der Waals surface area contributed by atoms with Gasteiger partial charge in [-0.3, -0.25) is 0 Å². The van der Waals surface area contributed by atoms with Crippen molar-refractivity contribution in [1.29, 1.82) is 0 Å². The average molecular weight is 257 g/mol. The molecule has 0 heterocycles. The second kappa shape index (κ2) is 6.62. The molecule has 2 N–H and O–H groups in total. The van der Waals surface area contributed by atoms with Gasteiger partial charge in [0.2, 0.25) is 0 Å². The molecule has 0 aliphatic heterocycles. The van der Waals surface area contributed by atoms with E-state index in [1.807, 2.05) is 11.8 Å². The van der Waals surface area contributed by atoms with Crippen molar-refractivity contribution in [1.82, 2.24) is 0 Å². The fourth-order valence-electron chi connectivity index (χ4n) is 1.76. The Labute approximate surface area is 113 Å². The van der Waals surface area contributed by atoms with Crippen LogP contribution in [0.3, 0.4) is 0 Å². The minimum atomic E-state index is 0.615. The van der Waals surface area contributed by atoms with Crippen LogP contribution in [0, 0.1) is 0 Å². The molecule has 0 saturated heterocycles. The van der Waals surface area contributed by atoms with Crippen LogP contribution in [0.1, 0.15) is 23.6 Å². The van der Waals surface area contributed by atoms with Gasteiger partial charge < -0.3 is 5.73 Å². The van der Waals surface area contributed by atoms with Gasteiger partial charge in [-0.2, -0.15) is 0 Å². The van der Waals surface area contributed by atoms with Crippen molar-refractivity contribution in [2.75, 3.05) is 0 Å². The van der Waals surface area contributed by atoms with Crippen molar-refractivity contribution in [2.24, 2.45) is 5.73 Å². The molecule has 0 aromatic heterocycles. The van der Waals surface area contributed by atoms with Crippen molar-refractivity contribution in [3.05, 3.63) is 65.2 Å². The monoisotopic (exact) mass is 257 g/mol. The number of hydrogen-bond acceptors (Lipinski definition) is 2. The SMILES string of the molecule is CCc1ccc(CSc2ccc(CN)cc2)cc1. The second-order valence-electron chi connectivity index (χ2n) is 4.31. The summed E-state index contributed by atoms with van der Waals surface area (Å²) in [7, 11) is 0. The number of rotatable bonds is 5. The lowest BCUT2D eigenvalue weighted by atomic mass is 10.1. The Kier molecular flexibility index (Phi) is 4.85. The molecule has 0 unspecified atom stereocenters. The van der Waals surface area contributed by atoms with Gasteiger partial charge in [0.25, 0.3) is 0 Å². The van der Waals surface area contributed by atoms with Crippen LogP contribution in [0.15, 0.2) is 53.4 Å². The highest BCUT2D eigenvalue weighted by Crippen LogP contribution is 2.23. The third-order valence-corrected chi connectivity index (χ3v) is 4.08. The van der Waals surface area contributed by atoms with Crippen LogP contribution in [0.5, 0.6) is 0 Å². The standard InChI is InChI=1S/C16H19NS/c1-2-13-3-5-15(6-4-13)12-18-16-9-7-14(11-17)8-10-16/h3-10H,2,11-12,17H2,1H3. The second-order valence-corrected chi connectivity index (χ2v) is 5.36. The van der Waals surface area contributed by atoms with E-state index in [9.17, 15) is 0 Å².